The normalized spacial score (nSPS) is 31.6. The Morgan fingerprint density at radius 2 is 2.13 bits per heavy atom. The number of likely N-dealkylation sites (N-methyl/N-ethyl adjacent to an activating group) is 1. The van der Waals surface area contributed by atoms with E-state index in [0.717, 1.165) is 25.3 Å². The Labute approximate surface area is 91.8 Å². The summed E-state index contributed by atoms with van der Waals surface area (Å²) in [7, 11) is 1.78. The van der Waals surface area contributed by atoms with Crippen molar-refractivity contribution in [2.45, 2.75) is 39.3 Å². The first-order valence-corrected chi connectivity index (χ1v) is 5.78. The zero-order valence-corrected chi connectivity index (χ0v) is 10.1. The molecule has 0 bridgehead atoms. The lowest BCUT2D eigenvalue weighted by Crippen LogP contribution is -2.34. The van der Waals surface area contributed by atoms with Crippen LogP contribution in [0, 0.1) is 0 Å². The van der Waals surface area contributed by atoms with Gasteiger partial charge in [0.2, 0.25) is 0 Å². The first-order valence-electron chi connectivity index (χ1n) is 5.78. The van der Waals surface area contributed by atoms with E-state index in [1.165, 1.54) is 11.3 Å². The average Bonchev–Trinajstić information content (AvgIpc) is 2.51. The van der Waals surface area contributed by atoms with Crippen molar-refractivity contribution in [1.82, 2.24) is 4.90 Å². The number of dihydropyridines is 1. The fourth-order valence-corrected chi connectivity index (χ4v) is 2.86. The summed E-state index contributed by atoms with van der Waals surface area (Å²) in [6, 6.07) is 0.907. The highest BCUT2D eigenvalue weighted by Gasteiger charge is 2.39. The second kappa shape index (κ2) is 3.97. The second-order valence-electron chi connectivity index (χ2n) is 4.24. The van der Waals surface area contributed by atoms with Crippen LogP contribution in [0.25, 0.3) is 0 Å². The van der Waals surface area contributed by atoms with E-state index in [9.17, 15) is 0 Å². The van der Waals surface area contributed by atoms with Crippen LogP contribution in [0.15, 0.2) is 16.3 Å². The van der Waals surface area contributed by atoms with Gasteiger partial charge in [0, 0.05) is 30.6 Å². The van der Waals surface area contributed by atoms with E-state index in [2.05, 4.69) is 30.7 Å². The lowest BCUT2D eigenvalue weighted by Gasteiger charge is -2.22. The minimum atomic E-state index is 0.449. The molecule has 3 heteroatoms. The van der Waals surface area contributed by atoms with Crippen LogP contribution in [0.1, 0.15) is 27.2 Å². The molecule has 0 radical (unpaired) electrons. The standard InChI is InChI=1S/C12H20N2O/c1-5-14-8(2)11-10(15-4)6-7-13-12(11)9(14)3/h8-9H,5-7H2,1-4H3. The highest BCUT2D eigenvalue weighted by Crippen LogP contribution is 2.32. The first kappa shape index (κ1) is 10.7. The molecule has 84 valence electrons. The van der Waals surface area contributed by atoms with Crippen molar-refractivity contribution < 1.29 is 4.74 Å². The molecule has 3 nitrogen and oxygen atoms in total. The Morgan fingerprint density at radius 1 is 1.40 bits per heavy atom. The van der Waals surface area contributed by atoms with E-state index in [4.69, 9.17) is 4.74 Å². The number of fused-ring (bicyclic) bond motifs is 1. The van der Waals surface area contributed by atoms with Crippen molar-refractivity contribution in [1.29, 1.82) is 0 Å². The lowest BCUT2D eigenvalue weighted by atomic mass is 10.0. The highest BCUT2D eigenvalue weighted by atomic mass is 16.5. The summed E-state index contributed by atoms with van der Waals surface area (Å²) in [5.41, 5.74) is 2.60. The van der Waals surface area contributed by atoms with Crippen LogP contribution >= 0.6 is 0 Å². The molecule has 1 fully saturated rings. The summed E-state index contributed by atoms with van der Waals surface area (Å²) in [6.07, 6.45) is 0.962. The molecule has 2 aliphatic rings. The van der Waals surface area contributed by atoms with Crippen LogP contribution in [0.5, 0.6) is 0 Å². The summed E-state index contributed by atoms with van der Waals surface area (Å²) >= 11 is 0. The molecule has 2 heterocycles. The van der Waals surface area contributed by atoms with Crippen molar-refractivity contribution in [3.63, 3.8) is 0 Å². The van der Waals surface area contributed by atoms with Gasteiger partial charge in [-0.1, -0.05) is 6.92 Å². The number of rotatable bonds is 2. The maximum atomic E-state index is 5.49. The van der Waals surface area contributed by atoms with Gasteiger partial charge >= 0.3 is 0 Å². The van der Waals surface area contributed by atoms with Crippen molar-refractivity contribution in [3.05, 3.63) is 11.3 Å². The first-order chi connectivity index (χ1) is 7.20. The average molecular weight is 208 g/mol. The Kier molecular flexibility index (Phi) is 2.83. The molecule has 15 heavy (non-hydrogen) atoms. The van der Waals surface area contributed by atoms with E-state index in [-0.39, 0.29) is 0 Å². The molecule has 0 aliphatic carbocycles. The quantitative estimate of drug-likeness (QED) is 0.691. The SMILES string of the molecule is CCN1C(C)C2=NCCC(OC)=C2C1C. The van der Waals surface area contributed by atoms with Crippen molar-refractivity contribution in [2.75, 3.05) is 20.2 Å². The third kappa shape index (κ3) is 1.49. The number of methoxy groups -OCH3 is 1. The van der Waals surface area contributed by atoms with Gasteiger partial charge in [0.15, 0.2) is 0 Å². The molecule has 0 spiro atoms. The lowest BCUT2D eigenvalue weighted by molar-refractivity contribution is 0.239. The number of likely N-dealkylation sites (tertiary alicyclic amines) is 1. The summed E-state index contributed by atoms with van der Waals surface area (Å²) in [5.74, 6) is 1.15. The van der Waals surface area contributed by atoms with Gasteiger partial charge in [-0.2, -0.15) is 0 Å². The number of hydrogen-bond acceptors (Lipinski definition) is 3. The van der Waals surface area contributed by atoms with Gasteiger partial charge in [0.1, 0.15) is 5.76 Å². The number of ether oxygens (including phenoxy) is 1. The third-order valence-electron chi connectivity index (χ3n) is 3.62. The van der Waals surface area contributed by atoms with Gasteiger partial charge in [-0.3, -0.25) is 9.89 Å². The van der Waals surface area contributed by atoms with Gasteiger partial charge < -0.3 is 4.74 Å². The highest BCUT2D eigenvalue weighted by molar-refractivity contribution is 6.07. The Morgan fingerprint density at radius 3 is 2.73 bits per heavy atom. The minimum Gasteiger partial charge on any atom is -0.501 e. The molecule has 0 amide bonds. The summed E-state index contributed by atoms with van der Waals surface area (Å²) in [4.78, 5) is 7.13. The minimum absolute atomic E-state index is 0.449. The molecule has 0 aromatic carbocycles. The molecule has 0 saturated carbocycles. The fraction of sp³-hybridized carbons (Fsp3) is 0.750. The fourth-order valence-electron chi connectivity index (χ4n) is 2.86. The van der Waals surface area contributed by atoms with Gasteiger partial charge in [0.25, 0.3) is 0 Å². The topological polar surface area (TPSA) is 24.8 Å². The predicted molar refractivity (Wildman–Crippen MR) is 62.3 cm³/mol. The molecule has 0 N–H and O–H groups in total. The van der Waals surface area contributed by atoms with E-state index < -0.39 is 0 Å². The van der Waals surface area contributed by atoms with Crippen molar-refractivity contribution in [2.24, 2.45) is 4.99 Å². The number of hydrogen-bond donors (Lipinski definition) is 0. The summed E-state index contributed by atoms with van der Waals surface area (Å²) < 4.78 is 5.49. The molecule has 2 atom stereocenters. The van der Waals surface area contributed by atoms with Crippen LogP contribution < -0.4 is 0 Å². The number of aliphatic imine (C=N–C) groups is 1. The maximum absolute atomic E-state index is 5.49. The summed E-state index contributed by atoms with van der Waals surface area (Å²) in [6.45, 7) is 8.66. The predicted octanol–water partition coefficient (Wildman–Crippen LogP) is 1.84. The molecule has 1 saturated heterocycles. The van der Waals surface area contributed by atoms with Crippen molar-refractivity contribution in [3.8, 4) is 0 Å². The Bertz CT molecular complexity index is 320. The molecule has 2 unspecified atom stereocenters. The molecule has 2 rings (SSSR count). The van der Waals surface area contributed by atoms with Crippen LogP contribution in [-0.4, -0.2) is 42.9 Å². The van der Waals surface area contributed by atoms with Gasteiger partial charge in [0.05, 0.1) is 12.8 Å². The van der Waals surface area contributed by atoms with E-state index >= 15 is 0 Å². The van der Waals surface area contributed by atoms with Gasteiger partial charge in [-0.05, 0) is 20.4 Å². The zero-order chi connectivity index (χ0) is 11.0. The van der Waals surface area contributed by atoms with Crippen LogP contribution in [0.4, 0.5) is 0 Å². The number of nitrogens with zero attached hydrogens (tertiary/aromatic N) is 2. The largest absolute Gasteiger partial charge is 0.501 e. The monoisotopic (exact) mass is 208 g/mol. The molecular weight excluding hydrogens is 188 g/mol. The van der Waals surface area contributed by atoms with Gasteiger partial charge in [-0.25, -0.2) is 0 Å². The van der Waals surface area contributed by atoms with E-state index in [0.29, 0.717) is 12.1 Å². The Hall–Kier alpha value is -0.830. The molecule has 0 aromatic rings. The van der Waals surface area contributed by atoms with Crippen LogP contribution in [-0.2, 0) is 4.74 Å². The third-order valence-corrected chi connectivity index (χ3v) is 3.62. The maximum Gasteiger partial charge on any atom is 0.104 e. The molecular formula is C12H20N2O. The second-order valence-corrected chi connectivity index (χ2v) is 4.24. The van der Waals surface area contributed by atoms with Crippen LogP contribution in [0.2, 0.25) is 0 Å². The van der Waals surface area contributed by atoms with Gasteiger partial charge in [-0.15, -0.1) is 0 Å². The smallest absolute Gasteiger partial charge is 0.104 e. The summed E-state index contributed by atoms with van der Waals surface area (Å²) in [5, 5.41) is 0. The van der Waals surface area contributed by atoms with Crippen LogP contribution in [0.3, 0.4) is 0 Å². The molecule has 0 aromatic heterocycles. The molecule has 2 aliphatic heterocycles. The van der Waals surface area contributed by atoms with E-state index in [1.54, 1.807) is 7.11 Å². The zero-order valence-electron chi connectivity index (χ0n) is 10.1. The Balaban J connectivity index is 2.42. The van der Waals surface area contributed by atoms with Crippen molar-refractivity contribution >= 4 is 5.71 Å². The van der Waals surface area contributed by atoms with E-state index in [1.807, 2.05) is 0 Å².